The van der Waals surface area contributed by atoms with E-state index in [-0.39, 0.29) is 37.2 Å². The smallest absolute Gasteiger partial charge is 0.253 e. The molecule has 1 atom stereocenters. The summed E-state index contributed by atoms with van der Waals surface area (Å²) in [7, 11) is 1.51. The van der Waals surface area contributed by atoms with Crippen molar-refractivity contribution in [2.45, 2.75) is 20.3 Å². The van der Waals surface area contributed by atoms with Crippen LogP contribution in [0.1, 0.15) is 26.5 Å². The van der Waals surface area contributed by atoms with E-state index in [4.69, 9.17) is 9.47 Å². The molecule has 2 amide bonds. The fourth-order valence-electron chi connectivity index (χ4n) is 3.39. The highest BCUT2D eigenvalue weighted by atomic mass is 32.1. The summed E-state index contributed by atoms with van der Waals surface area (Å²) in [6.45, 7) is 5.07. The molecule has 8 heteroatoms. The first-order valence-electron chi connectivity index (χ1n) is 9.77. The standard InChI is InChI=1S/C22H26N2O5S/c1-14-10-17(5-6-18(14)24-8-9-29-13-21(24)26)23-22(27)16(12-28-3)11-19(25)20-7-4-15(2)30-20/h4-7,10,16H,8-9,11-13H2,1-3H3,(H,23,27)/t16-/m1/s1. The fourth-order valence-corrected chi connectivity index (χ4v) is 4.21. The highest BCUT2D eigenvalue weighted by Gasteiger charge is 2.25. The molecule has 1 N–H and O–H groups in total. The van der Waals surface area contributed by atoms with Crippen molar-refractivity contribution >= 4 is 40.3 Å². The average molecular weight is 431 g/mol. The normalized spacial score (nSPS) is 15.2. The van der Waals surface area contributed by atoms with E-state index < -0.39 is 5.92 Å². The van der Waals surface area contributed by atoms with Crippen LogP contribution in [-0.2, 0) is 19.1 Å². The Bertz CT molecular complexity index is 939. The highest BCUT2D eigenvalue weighted by molar-refractivity contribution is 7.14. The largest absolute Gasteiger partial charge is 0.384 e. The number of ether oxygens (including phenoxy) is 2. The second kappa shape index (κ2) is 9.97. The summed E-state index contributed by atoms with van der Waals surface area (Å²) in [4.78, 5) is 40.8. The Kier molecular flexibility index (Phi) is 7.36. The second-order valence-corrected chi connectivity index (χ2v) is 8.57. The summed E-state index contributed by atoms with van der Waals surface area (Å²) in [5.74, 6) is -1.01. The molecule has 1 aliphatic rings. The van der Waals surface area contributed by atoms with Gasteiger partial charge in [-0.05, 0) is 49.7 Å². The van der Waals surface area contributed by atoms with Gasteiger partial charge in [-0.15, -0.1) is 11.3 Å². The van der Waals surface area contributed by atoms with Crippen molar-refractivity contribution < 1.29 is 23.9 Å². The van der Waals surface area contributed by atoms with Crippen molar-refractivity contribution in [3.8, 4) is 0 Å². The van der Waals surface area contributed by atoms with Gasteiger partial charge in [-0.1, -0.05) is 0 Å². The number of amides is 2. The Balaban J connectivity index is 1.68. The van der Waals surface area contributed by atoms with Crippen LogP contribution in [0, 0.1) is 19.8 Å². The fraction of sp³-hybridized carbons (Fsp3) is 0.409. The number of methoxy groups -OCH3 is 1. The van der Waals surface area contributed by atoms with Crippen LogP contribution >= 0.6 is 11.3 Å². The van der Waals surface area contributed by atoms with Gasteiger partial charge >= 0.3 is 0 Å². The molecule has 0 unspecified atom stereocenters. The minimum absolute atomic E-state index is 0.0670. The predicted molar refractivity (Wildman–Crippen MR) is 116 cm³/mol. The second-order valence-electron chi connectivity index (χ2n) is 7.28. The molecule has 0 saturated carbocycles. The zero-order chi connectivity index (χ0) is 21.7. The van der Waals surface area contributed by atoms with Gasteiger partial charge in [-0.3, -0.25) is 14.4 Å². The van der Waals surface area contributed by atoms with Gasteiger partial charge in [0.15, 0.2) is 5.78 Å². The molecule has 2 aromatic rings. The van der Waals surface area contributed by atoms with Crippen LogP contribution in [0.4, 0.5) is 11.4 Å². The molecule has 2 heterocycles. The minimum Gasteiger partial charge on any atom is -0.384 e. The van der Waals surface area contributed by atoms with Crippen LogP contribution in [0.15, 0.2) is 30.3 Å². The Morgan fingerprint density at radius 2 is 2.07 bits per heavy atom. The Hall–Kier alpha value is -2.55. The molecule has 1 saturated heterocycles. The van der Waals surface area contributed by atoms with Gasteiger partial charge in [0, 0.05) is 36.3 Å². The van der Waals surface area contributed by atoms with Crippen LogP contribution < -0.4 is 10.2 Å². The zero-order valence-electron chi connectivity index (χ0n) is 17.4. The number of thiophene rings is 1. The molecule has 3 rings (SSSR count). The lowest BCUT2D eigenvalue weighted by Gasteiger charge is -2.28. The van der Waals surface area contributed by atoms with E-state index >= 15 is 0 Å². The third-order valence-corrected chi connectivity index (χ3v) is 5.97. The van der Waals surface area contributed by atoms with E-state index in [0.717, 1.165) is 16.1 Å². The van der Waals surface area contributed by atoms with Gasteiger partial charge in [0.2, 0.25) is 5.91 Å². The van der Waals surface area contributed by atoms with Crippen molar-refractivity contribution in [3.05, 3.63) is 45.6 Å². The summed E-state index contributed by atoms with van der Waals surface area (Å²) in [5, 5.41) is 2.88. The molecule has 1 aromatic heterocycles. The zero-order valence-corrected chi connectivity index (χ0v) is 18.2. The number of nitrogens with one attached hydrogen (secondary N) is 1. The summed E-state index contributed by atoms with van der Waals surface area (Å²) < 4.78 is 10.4. The SMILES string of the molecule is COC[C@@H](CC(=O)c1ccc(C)s1)C(=O)Nc1ccc(N2CCOCC2=O)c(C)c1. The minimum atomic E-state index is -0.592. The first-order valence-corrected chi connectivity index (χ1v) is 10.6. The number of carbonyl (C=O) groups is 3. The molecule has 1 aromatic carbocycles. The van der Waals surface area contributed by atoms with Crippen LogP contribution in [0.3, 0.4) is 0 Å². The van der Waals surface area contributed by atoms with Crippen molar-refractivity contribution in [2.24, 2.45) is 5.92 Å². The van der Waals surface area contributed by atoms with Gasteiger partial charge in [0.05, 0.1) is 24.0 Å². The molecule has 1 fully saturated rings. The van der Waals surface area contributed by atoms with Gasteiger partial charge in [0.1, 0.15) is 6.61 Å². The van der Waals surface area contributed by atoms with E-state index in [1.807, 2.05) is 32.0 Å². The number of nitrogens with zero attached hydrogens (tertiary/aromatic N) is 1. The number of hydrogen-bond acceptors (Lipinski definition) is 6. The topological polar surface area (TPSA) is 84.9 Å². The summed E-state index contributed by atoms with van der Waals surface area (Å²) in [6.07, 6.45) is 0.0823. The number of carbonyl (C=O) groups excluding carboxylic acids is 3. The molecule has 7 nitrogen and oxygen atoms in total. The summed E-state index contributed by atoms with van der Waals surface area (Å²) >= 11 is 1.43. The molecule has 0 spiro atoms. The molecule has 160 valence electrons. The number of ketones is 1. The lowest BCUT2D eigenvalue weighted by Crippen LogP contribution is -2.42. The number of rotatable bonds is 8. The van der Waals surface area contributed by atoms with Crippen LogP contribution in [0.25, 0.3) is 0 Å². The quantitative estimate of drug-likeness (QED) is 0.650. The lowest BCUT2D eigenvalue weighted by molar-refractivity contribution is -0.125. The first-order chi connectivity index (χ1) is 14.4. The van der Waals surface area contributed by atoms with Gasteiger partial charge in [0.25, 0.3) is 5.91 Å². The van der Waals surface area contributed by atoms with Gasteiger partial charge in [-0.25, -0.2) is 0 Å². The first kappa shape index (κ1) is 22.1. The van der Waals surface area contributed by atoms with Gasteiger partial charge < -0.3 is 19.7 Å². The van der Waals surface area contributed by atoms with Crippen molar-refractivity contribution in [1.82, 2.24) is 0 Å². The van der Waals surface area contributed by atoms with E-state index in [1.165, 1.54) is 18.4 Å². The number of anilines is 2. The number of aryl methyl sites for hydroxylation is 2. The van der Waals surface area contributed by atoms with Crippen molar-refractivity contribution in [2.75, 3.05) is 43.7 Å². The van der Waals surface area contributed by atoms with E-state index in [2.05, 4.69) is 5.32 Å². The maximum absolute atomic E-state index is 12.8. The number of morpholine rings is 1. The van der Waals surface area contributed by atoms with E-state index in [9.17, 15) is 14.4 Å². The summed E-state index contributed by atoms with van der Waals surface area (Å²) in [5.41, 5.74) is 2.29. The Morgan fingerprint density at radius 1 is 1.27 bits per heavy atom. The predicted octanol–water partition coefficient (Wildman–Crippen LogP) is 3.20. The maximum atomic E-state index is 12.8. The van der Waals surface area contributed by atoms with E-state index in [0.29, 0.717) is 23.7 Å². The van der Waals surface area contributed by atoms with Crippen molar-refractivity contribution in [1.29, 1.82) is 0 Å². The Morgan fingerprint density at radius 3 is 2.70 bits per heavy atom. The molecule has 30 heavy (non-hydrogen) atoms. The molecule has 1 aliphatic heterocycles. The number of Topliss-reactive ketones (excluding diaryl/α,β-unsaturated/α-hetero) is 1. The number of benzene rings is 1. The Labute approximate surface area is 180 Å². The third-order valence-electron chi connectivity index (χ3n) is 4.93. The highest BCUT2D eigenvalue weighted by Crippen LogP contribution is 2.26. The van der Waals surface area contributed by atoms with Gasteiger partial charge in [-0.2, -0.15) is 0 Å². The molecule has 0 radical (unpaired) electrons. The monoisotopic (exact) mass is 430 g/mol. The van der Waals surface area contributed by atoms with Crippen LogP contribution in [0.2, 0.25) is 0 Å². The van der Waals surface area contributed by atoms with Crippen LogP contribution in [-0.4, -0.2) is 51.1 Å². The molecule has 0 aliphatic carbocycles. The number of hydrogen-bond donors (Lipinski definition) is 1. The maximum Gasteiger partial charge on any atom is 0.253 e. The van der Waals surface area contributed by atoms with E-state index in [1.54, 1.807) is 17.0 Å². The molecular weight excluding hydrogens is 404 g/mol. The van der Waals surface area contributed by atoms with Crippen LogP contribution in [0.5, 0.6) is 0 Å². The lowest BCUT2D eigenvalue weighted by atomic mass is 10.0. The third kappa shape index (κ3) is 5.33. The molecule has 0 bridgehead atoms. The molecular formula is C22H26N2O5S. The average Bonchev–Trinajstić information content (AvgIpc) is 3.15. The summed E-state index contributed by atoms with van der Waals surface area (Å²) in [6, 6.07) is 9.09. The van der Waals surface area contributed by atoms with Crippen molar-refractivity contribution in [3.63, 3.8) is 0 Å².